The number of sulfonamides is 1. The highest BCUT2D eigenvalue weighted by Gasteiger charge is 2.37. The number of nitrogens with two attached hydrogens (primary N) is 1. The van der Waals surface area contributed by atoms with Crippen molar-refractivity contribution < 1.29 is 8.42 Å². The molecule has 2 rings (SSSR count). The van der Waals surface area contributed by atoms with Crippen molar-refractivity contribution in [2.45, 2.75) is 37.1 Å². The molecule has 0 heterocycles. The van der Waals surface area contributed by atoms with Crippen molar-refractivity contribution in [1.82, 2.24) is 4.31 Å². The molecule has 0 unspecified atom stereocenters. The highest BCUT2D eigenvalue weighted by atomic mass is 32.2. The van der Waals surface area contributed by atoms with Crippen LogP contribution in [0, 0.1) is 0 Å². The Morgan fingerprint density at radius 1 is 1.33 bits per heavy atom. The minimum absolute atomic E-state index is 0.197. The molecule has 1 aliphatic carbocycles. The van der Waals surface area contributed by atoms with Crippen molar-refractivity contribution in [2.24, 2.45) is 5.84 Å². The fourth-order valence-corrected chi connectivity index (χ4v) is 3.72. The number of rotatable bonds is 6. The van der Waals surface area contributed by atoms with Crippen molar-refractivity contribution in [3.8, 4) is 0 Å². The quantitative estimate of drug-likeness (QED) is 0.606. The second-order valence-electron chi connectivity index (χ2n) is 4.52. The lowest BCUT2D eigenvalue weighted by molar-refractivity contribution is 0.403. The van der Waals surface area contributed by atoms with Gasteiger partial charge in [0.15, 0.2) is 0 Å². The van der Waals surface area contributed by atoms with Gasteiger partial charge in [0, 0.05) is 18.3 Å². The van der Waals surface area contributed by atoms with Crippen LogP contribution < -0.4 is 11.3 Å². The van der Waals surface area contributed by atoms with Crippen LogP contribution in [0.15, 0.2) is 29.2 Å². The number of benzene rings is 1. The molecule has 1 aromatic rings. The van der Waals surface area contributed by atoms with E-state index in [1.807, 2.05) is 6.92 Å². The zero-order valence-electron chi connectivity index (χ0n) is 10.5. The first-order chi connectivity index (χ1) is 8.59. The van der Waals surface area contributed by atoms with E-state index in [1.165, 1.54) is 0 Å². The van der Waals surface area contributed by atoms with Gasteiger partial charge < -0.3 is 5.43 Å². The van der Waals surface area contributed by atoms with Crippen LogP contribution in [-0.4, -0.2) is 25.3 Å². The summed E-state index contributed by atoms with van der Waals surface area (Å²) in [7, 11) is -3.36. The number of anilines is 1. The van der Waals surface area contributed by atoms with Crippen molar-refractivity contribution in [3.63, 3.8) is 0 Å². The van der Waals surface area contributed by atoms with Gasteiger partial charge in [0.2, 0.25) is 10.0 Å². The zero-order chi connectivity index (χ0) is 13.2. The topological polar surface area (TPSA) is 75.4 Å². The summed E-state index contributed by atoms with van der Waals surface area (Å²) >= 11 is 0. The van der Waals surface area contributed by atoms with Crippen LogP contribution in [0.1, 0.15) is 26.2 Å². The van der Waals surface area contributed by atoms with Crippen molar-refractivity contribution in [2.75, 3.05) is 12.0 Å². The van der Waals surface area contributed by atoms with Crippen LogP contribution in [0.3, 0.4) is 0 Å². The number of hydrogen-bond donors (Lipinski definition) is 2. The smallest absolute Gasteiger partial charge is 0.243 e. The van der Waals surface area contributed by atoms with E-state index in [2.05, 4.69) is 5.43 Å². The van der Waals surface area contributed by atoms with E-state index in [4.69, 9.17) is 5.84 Å². The van der Waals surface area contributed by atoms with E-state index in [0.29, 0.717) is 17.1 Å². The SMILES string of the molecule is CCCN(C1CC1)S(=O)(=O)c1ccc(NN)cc1. The van der Waals surface area contributed by atoms with Crippen molar-refractivity contribution >= 4 is 15.7 Å². The Kier molecular flexibility index (Phi) is 3.89. The van der Waals surface area contributed by atoms with E-state index >= 15 is 0 Å². The molecule has 6 heteroatoms. The Labute approximate surface area is 108 Å². The van der Waals surface area contributed by atoms with Gasteiger partial charge in [-0.05, 0) is 43.5 Å². The van der Waals surface area contributed by atoms with Crippen LogP contribution in [0.25, 0.3) is 0 Å². The van der Waals surface area contributed by atoms with E-state index in [1.54, 1.807) is 28.6 Å². The molecule has 1 saturated carbocycles. The molecule has 0 radical (unpaired) electrons. The van der Waals surface area contributed by atoms with Gasteiger partial charge in [-0.3, -0.25) is 5.84 Å². The molecule has 5 nitrogen and oxygen atoms in total. The van der Waals surface area contributed by atoms with Crippen LogP contribution >= 0.6 is 0 Å². The molecule has 1 aliphatic rings. The van der Waals surface area contributed by atoms with Gasteiger partial charge in [-0.15, -0.1) is 0 Å². The summed E-state index contributed by atoms with van der Waals surface area (Å²) in [5.74, 6) is 5.26. The molecule has 0 saturated heterocycles. The minimum atomic E-state index is -3.36. The Bertz CT molecular complexity index is 495. The summed E-state index contributed by atoms with van der Waals surface area (Å²) in [5.41, 5.74) is 3.18. The van der Waals surface area contributed by atoms with Gasteiger partial charge in [-0.25, -0.2) is 8.42 Å². The van der Waals surface area contributed by atoms with Crippen LogP contribution in [0.2, 0.25) is 0 Å². The molecule has 0 aliphatic heterocycles. The molecule has 3 N–H and O–H groups in total. The highest BCUT2D eigenvalue weighted by Crippen LogP contribution is 2.32. The second-order valence-corrected chi connectivity index (χ2v) is 6.41. The maximum Gasteiger partial charge on any atom is 0.243 e. The Morgan fingerprint density at radius 3 is 2.39 bits per heavy atom. The highest BCUT2D eigenvalue weighted by molar-refractivity contribution is 7.89. The molecule has 100 valence electrons. The summed E-state index contributed by atoms with van der Waals surface area (Å²) in [5, 5.41) is 0. The third-order valence-electron chi connectivity index (χ3n) is 3.03. The normalized spacial score (nSPS) is 15.9. The molecular weight excluding hydrogens is 250 g/mol. The van der Waals surface area contributed by atoms with E-state index in [0.717, 1.165) is 19.3 Å². The monoisotopic (exact) mass is 269 g/mol. The molecule has 0 amide bonds. The molecule has 0 aromatic heterocycles. The van der Waals surface area contributed by atoms with Crippen molar-refractivity contribution in [1.29, 1.82) is 0 Å². The molecule has 0 spiro atoms. The van der Waals surface area contributed by atoms with E-state index in [-0.39, 0.29) is 6.04 Å². The summed E-state index contributed by atoms with van der Waals surface area (Å²) in [6.45, 7) is 2.58. The van der Waals surface area contributed by atoms with Gasteiger partial charge in [0.25, 0.3) is 0 Å². The maximum absolute atomic E-state index is 12.5. The molecule has 0 atom stereocenters. The van der Waals surface area contributed by atoms with Crippen LogP contribution in [0.4, 0.5) is 5.69 Å². The summed E-state index contributed by atoms with van der Waals surface area (Å²) in [4.78, 5) is 0.335. The number of nitrogens with zero attached hydrogens (tertiary/aromatic N) is 1. The lowest BCUT2D eigenvalue weighted by Gasteiger charge is -2.21. The third kappa shape index (κ3) is 2.66. The average Bonchev–Trinajstić information content (AvgIpc) is 3.20. The van der Waals surface area contributed by atoms with E-state index < -0.39 is 10.0 Å². The number of hydrazine groups is 1. The standard InChI is InChI=1S/C12H19N3O2S/c1-2-9-15(11-5-6-11)18(16,17)12-7-3-10(14-13)4-8-12/h3-4,7-8,11,14H,2,5-6,9,13H2,1H3. The molecular formula is C12H19N3O2S. The molecule has 18 heavy (non-hydrogen) atoms. The Balaban J connectivity index is 2.27. The zero-order valence-corrected chi connectivity index (χ0v) is 11.3. The Morgan fingerprint density at radius 2 is 1.94 bits per heavy atom. The second kappa shape index (κ2) is 5.26. The van der Waals surface area contributed by atoms with Gasteiger partial charge in [0.05, 0.1) is 4.90 Å². The fraction of sp³-hybridized carbons (Fsp3) is 0.500. The summed E-state index contributed by atoms with van der Waals surface area (Å²) in [6, 6.07) is 6.72. The maximum atomic E-state index is 12.5. The van der Waals surface area contributed by atoms with Gasteiger partial charge in [-0.1, -0.05) is 6.92 Å². The molecule has 1 aromatic carbocycles. The fourth-order valence-electron chi connectivity index (χ4n) is 1.94. The largest absolute Gasteiger partial charge is 0.324 e. The summed E-state index contributed by atoms with van der Waals surface area (Å²) in [6.07, 6.45) is 2.78. The summed E-state index contributed by atoms with van der Waals surface area (Å²) < 4.78 is 26.6. The third-order valence-corrected chi connectivity index (χ3v) is 4.99. The first-order valence-corrected chi connectivity index (χ1v) is 7.62. The first-order valence-electron chi connectivity index (χ1n) is 6.18. The van der Waals surface area contributed by atoms with Crippen molar-refractivity contribution in [3.05, 3.63) is 24.3 Å². The van der Waals surface area contributed by atoms with E-state index in [9.17, 15) is 8.42 Å². The predicted octanol–water partition coefficient (Wildman–Crippen LogP) is 1.54. The number of hydrogen-bond acceptors (Lipinski definition) is 4. The number of nitrogens with one attached hydrogen (secondary N) is 1. The minimum Gasteiger partial charge on any atom is -0.324 e. The van der Waals surface area contributed by atoms with Gasteiger partial charge in [0.1, 0.15) is 0 Å². The van der Waals surface area contributed by atoms with Crippen LogP contribution in [-0.2, 0) is 10.0 Å². The van der Waals surface area contributed by atoms with Crippen LogP contribution in [0.5, 0.6) is 0 Å². The number of nitrogen functional groups attached to an aromatic ring is 1. The molecule has 0 bridgehead atoms. The Hall–Kier alpha value is -1.11. The van der Waals surface area contributed by atoms with Gasteiger partial charge in [-0.2, -0.15) is 4.31 Å². The molecule has 1 fully saturated rings. The predicted molar refractivity (Wildman–Crippen MR) is 71.5 cm³/mol. The lowest BCUT2D eigenvalue weighted by atomic mass is 10.3. The average molecular weight is 269 g/mol. The first kappa shape index (κ1) is 13.3. The van der Waals surface area contributed by atoms with Gasteiger partial charge >= 0.3 is 0 Å². The lowest BCUT2D eigenvalue weighted by Crippen LogP contribution is -2.33.